The molecule has 1 rings (SSSR count). The van der Waals surface area contributed by atoms with E-state index in [1.165, 1.54) is 12.0 Å². The van der Waals surface area contributed by atoms with E-state index < -0.39 is 0 Å². The molecule has 0 radical (unpaired) electrons. The van der Waals surface area contributed by atoms with E-state index in [0.29, 0.717) is 0 Å². The van der Waals surface area contributed by atoms with Crippen LogP contribution in [-0.4, -0.2) is 43.0 Å². The first-order valence-electron chi connectivity index (χ1n) is 7.47. The van der Waals surface area contributed by atoms with Crippen molar-refractivity contribution in [2.45, 2.75) is 20.3 Å². The van der Waals surface area contributed by atoms with Crippen LogP contribution in [-0.2, 0) is 0 Å². The first-order valence-corrected chi connectivity index (χ1v) is 7.47. The Bertz CT molecular complexity index is 420. The van der Waals surface area contributed by atoms with E-state index in [9.17, 15) is 0 Å². The number of benzene rings is 1. The Morgan fingerprint density at radius 2 is 1.75 bits per heavy atom. The average molecular weight is 272 g/mol. The van der Waals surface area contributed by atoms with Crippen LogP contribution in [0.4, 0.5) is 0 Å². The Morgan fingerprint density at radius 1 is 1.10 bits per heavy atom. The Labute approximate surface area is 124 Å². The monoisotopic (exact) mass is 272 g/mol. The molecule has 0 aliphatic rings. The highest BCUT2D eigenvalue weighted by Crippen LogP contribution is 2.18. The molecule has 1 aromatic carbocycles. The molecule has 0 N–H and O–H groups in total. The quantitative estimate of drug-likeness (QED) is 0.671. The van der Waals surface area contributed by atoms with Crippen LogP contribution in [0.2, 0.25) is 0 Å². The summed E-state index contributed by atoms with van der Waals surface area (Å²) in [6, 6.07) is 8.43. The molecule has 0 aliphatic carbocycles. The molecular formula is C18H28N2. The number of nitrogens with zero attached hydrogens (tertiary/aromatic N) is 2. The zero-order chi connectivity index (χ0) is 15.0. The van der Waals surface area contributed by atoms with E-state index in [0.717, 1.165) is 37.4 Å². The fourth-order valence-electron chi connectivity index (χ4n) is 2.17. The molecule has 0 bridgehead atoms. The fraction of sp³-hybridized carbons (Fsp3) is 0.444. The lowest BCUT2D eigenvalue weighted by molar-refractivity contribution is 0.316. The molecule has 0 amide bonds. The topological polar surface area (TPSA) is 6.48 Å². The van der Waals surface area contributed by atoms with Crippen molar-refractivity contribution < 1.29 is 0 Å². The van der Waals surface area contributed by atoms with Crippen LogP contribution < -0.4 is 0 Å². The average Bonchev–Trinajstić information content (AvgIpc) is 2.50. The van der Waals surface area contributed by atoms with Gasteiger partial charge in [-0.3, -0.25) is 0 Å². The summed E-state index contributed by atoms with van der Waals surface area (Å²) in [6.45, 7) is 16.7. The summed E-state index contributed by atoms with van der Waals surface area (Å²) >= 11 is 0. The van der Waals surface area contributed by atoms with Gasteiger partial charge in [0.15, 0.2) is 0 Å². The van der Waals surface area contributed by atoms with Crippen LogP contribution in [0.5, 0.6) is 0 Å². The molecule has 0 saturated heterocycles. The maximum Gasteiger partial charge on any atom is 0.0366 e. The normalized spacial score (nSPS) is 10.6. The maximum atomic E-state index is 4.26. The van der Waals surface area contributed by atoms with E-state index in [-0.39, 0.29) is 0 Å². The molecule has 0 fully saturated rings. The van der Waals surface area contributed by atoms with Gasteiger partial charge < -0.3 is 9.80 Å². The zero-order valence-corrected chi connectivity index (χ0v) is 13.2. The predicted molar refractivity (Wildman–Crippen MR) is 90.6 cm³/mol. The second-order valence-electron chi connectivity index (χ2n) is 5.10. The molecule has 110 valence electrons. The lowest BCUT2D eigenvalue weighted by atomic mass is 10.1. The van der Waals surface area contributed by atoms with Gasteiger partial charge in [-0.1, -0.05) is 50.4 Å². The van der Waals surface area contributed by atoms with Crippen molar-refractivity contribution in [3.8, 4) is 0 Å². The largest absolute Gasteiger partial charge is 0.372 e. The molecule has 20 heavy (non-hydrogen) atoms. The first kappa shape index (κ1) is 16.5. The number of rotatable bonds is 9. The second-order valence-corrected chi connectivity index (χ2v) is 5.10. The summed E-state index contributed by atoms with van der Waals surface area (Å²) in [5, 5.41) is 0. The Hall–Kier alpha value is -1.54. The molecule has 0 saturated carbocycles. The van der Waals surface area contributed by atoms with Crippen molar-refractivity contribution in [1.82, 2.24) is 9.80 Å². The van der Waals surface area contributed by atoms with Gasteiger partial charge in [0.25, 0.3) is 0 Å². The van der Waals surface area contributed by atoms with Crippen molar-refractivity contribution in [1.29, 1.82) is 0 Å². The summed E-state index contributed by atoms with van der Waals surface area (Å²) in [5.41, 5.74) is 3.46. The smallest absolute Gasteiger partial charge is 0.0366 e. The number of hydrogen-bond acceptors (Lipinski definition) is 2. The standard InChI is InChI=1S/C18H28N2/c1-6-17-10-12-18(13-11-17)16(4)20(8-3)15-9-14-19(5)7-2/h6,10-13H,1,4,7-9,14-15H2,2-3,5H3. The predicted octanol–water partition coefficient (Wildman–Crippen LogP) is 3.96. The van der Waals surface area contributed by atoms with Crippen LogP contribution in [0.3, 0.4) is 0 Å². The highest BCUT2D eigenvalue weighted by molar-refractivity contribution is 5.63. The van der Waals surface area contributed by atoms with Gasteiger partial charge in [-0.05, 0) is 44.6 Å². The SMILES string of the molecule is C=Cc1ccc(C(=C)N(CC)CCCN(C)CC)cc1. The van der Waals surface area contributed by atoms with Crippen LogP contribution in [0, 0.1) is 0 Å². The second kappa shape index (κ2) is 8.60. The van der Waals surface area contributed by atoms with Crippen LogP contribution in [0.15, 0.2) is 37.4 Å². The maximum absolute atomic E-state index is 4.26. The summed E-state index contributed by atoms with van der Waals surface area (Å²) in [4.78, 5) is 4.70. The highest BCUT2D eigenvalue weighted by Gasteiger charge is 2.08. The Kier molecular flexibility index (Phi) is 7.10. The van der Waals surface area contributed by atoms with Gasteiger partial charge in [0, 0.05) is 18.8 Å². The molecule has 0 unspecified atom stereocenters. The summed E-state index contributed by atoms with van der Waals surface area (Å²) in [5.74, 6) is 0. The lowest BCUT2D eigenvalue weighted by Gasteiger charge is -2.26. The molecule has 2 heteroatoms. The highest BCUT2D eigenvalue weighted by atomic mass is 15.1. The third kappa shape index (κ3) is 4.86. The zero-order valence-electron chi connectivity index (χ0n) is 13.2. The number of hydrogen-bond donors (Lipinski definition) is 0. The van der Waals surface area contributed by atoms with Crippen molar-refractivity contribution in [3.63, 3.8) is 0 Å². The van der Waals surface area contributed by atoms with E-state index in [2.05, 4.69) is 68.1 Å². The molecule has 1 aromatic rings. The van der Waals surface area contributed by atoms with Gasteiger partial charge in [-0.25, -0.2) is 0 Å². The first-order chi connectivity index (χ1) is 9.62. The molecule has 0 aliphatic heterocycles. The molecular weight excluding hydrogens is 244 g/mol. The van der Waals surface area contributed by atoms with Gasteiger partial charge in [-0.2, -0.15) is 0 Å². The van der Waals surface area contributed by atoms with E-state index in [1.54, 1.807) is 0 Å². The van der Waals surface area contributed by atoms with Crippen molar-refractivity contribution in [3.05, 3.63) is 48.6 Å². The van der Waals surface area contributed by atoms with Gasteiger partial charge >= 0.3 is 0 Å². The lowest BCUT2D eigenvalue weighted by Crippen LogP contribution is -2.27. The van der Waals surface area contributed by atoms with Crippen LogP contribution >= 0.6 is 0 Å². The van der Waals surface area contributed by atoms with Gasteiger partial charge in [0.2, 0.25) is 0 Å². The minimum Gasteiger partial charge on any atom is -0.372 e. The Balaban J connectivity index is 2.59. The van der Waals surface area contributed by atoms with Gasteiger partial charge in [-0.15, -0.1) is 0 Å². The third-order valence-electron chi connectivity index (χ3n) is 3.75. The molecule has 0 spiro atoms. The summed E-state index contributed by atoms with van der Waals surface area (Å²) in [7, 11) is 2.17. The molecule has 0 aromatic heterocycles. The Morgan fingerprint density at radius 3 is 2.25 bits per heavy atom. The van der Waals surface area contributed by atoms with E-state index >= 15 is 0 Å². The van der Waals surface area contributed by atoms with Crippen LogP contribution in [0.25, 0.3) is 11.8 Å². The molecule has 2 nitrogen and oxygen atoms in total. The van der Waals surface area contributed by atoms with E-state index in [1.807, 2.05) is 6.08 Å². The minimum absolute atomic E-state index is 0.998. The van der Waals surface area contributed by atoms with Crippen molar-refractivity contribution in [2.24, 2.45) is 0 Å². The van der Waals surface area contributed by atoms with Crippen molar-refractivity contribution >= 4 is 11.8 Å². The van der Waals surface area contributed by atoms with E-state index in [4.69, 9.17) is 0 Å². The summed E-state index contributed by atoms with van der Waals surface area (Å²) in [6.07, 6.45) is 3.03. The van der Waals surface area contributed by atoms with Crippen LogP contribution in [0.1, 0.15) is 31.4 Å². The molecule has 0 heterocycles. The summed E-state index contributed by atoms with van der Waals surface area (Å²) < 4.78 is 0. The van der Waals surface area contributed by atoms with Crippen molar-refractivity contribution in [2.75, 3.05) is 33.2 Å². The third-order valence-corrected chi connectivity index (χ3v) is 3.75. The minimum atomic E-state index is 0.998. The fourth-order valence-corrected chi connectivity index (χ4v) is 2.17. The van der Waals surface area contributed by atoms with Gasteiger partial charge in [0.05, 0.1) is 0 Å². The molecule has 0 atom stereocenters. The van der Waals surface area contributed by atoms with Gasteiger partial charge in [0.1, 0.15) is 0 Å².